The Kier molecular flexibility index (Phi) is 4.54. The van der Waals surface area contributed by atoms with Crippen molar-refractivity contribution in [3.8, 4) is 5.69 Å². The molecule has 0 bridgehead atoms. The smallest absolute Gasteiger partial charge is 0.204 e. The van der Waals surface area contributed by atoms with E-state index in [1.54, 1.807) is 11.3 Å². The maximum atomic E-state index is 4.54. The van der Waals surface area contributed by atoms with Crippen LogP contribution in [0.2, 0.25) is 0 Å². The summed E-state index contributed by atoms with van der Waals surface area (Å²) in [6.07, 6.45) is 1.87. The van der Waals surface area contributed by atoms with Crippen LogP contribution in [0.4, 0.5) is 5.13 Å². The maximum absolute atomic E-state index is 4.54. The van der Waals surface area contributed by atoms with Gasteiger partial charge in [0.1, 0.15) is 0 Å². The van der Waals surface area contributed by atoms with Crippen LogP contribution in [0, 0.1) is 27.7 Å². The molecule has 1 N–H and O–H groups in total. The van der Waals surface area contributed by atoms with Gasteiger partial charge in [-0.1, -0.05) is 29.5 Å². The van der Waals surface area contributed by atoms with E-state index in [4.69, 9.17) is 0 Å². The molecule has 4 nitrogen and oxygen atoms in total. The summed E-state index contributed by atoms with van der Waals surface area (Å²) < 4.78 is 3.42. The van der Waals surface area contributed by atoms with Gasteiger partial charge in [-0.25, -0.2) is 4.98 Å². The molecule has 0 atom stereocenters. The van der Waals surface area contributed by atoms with E-state index in [9.17, 15) is 0 Å². The molecule has 0 amide bonds. The third kappa shape index (κ3) is 3.38. The van der Waals surface area contributed by atoms with Gasteiger partial charge in [0.2, 0.25) is 5.13 Å². The van der Waals surface area contributed by atoms with E-state index in [0.29, 0.717) is 0 Å². The lowest BCUT2D eigenvalue weighted by molar-refractivity contribution is 0.961. The molecule has 2 aromatic carbocycles. The highest BCUT2D eigenvalue weighted by Gasteiger charge is 2.10. The quantitative estimate of drug-likeness (QED) is 0.364. The highest BCUT2D eigenvalue weighted by molar-refractivity contribution is 7.22. The predicted molar refractivity (Wildman–Crippen MR) is 116 cm³/mol. The standard InChI is InChI=1S/C22H22N4S/c1-14-9-10-19(11-15(14)2)26-16(3)12-18(17(26)4)13-23-25-22-24-20-7-5-6-8-21(20)27-22/h5-13H,1-4H3,(H,24,25)/b23-13+. The number of thiazole rings is 1. The minimum absolute atomic E-state index is 0.801. The molecular formula is C22H22N4S. The van der Waals surface area contributed by atoms with Gasteiger partial charge < -0.3 is 4.57 Å². The fourth-order valence-corrected chi connectivity index (χ4v) is 4.07. The van der Waals surface area contributed by atoms with Crippen LogP contribution in [0.5, 0.6) is 0 Å². The van der Waals surface area contributed by atoms with E-state index < -0.39 is 0 Å². The lowest BCUT2D eigenvalue weighted by Gasteiger charge is -2.11. The first-order chi connectivity index (χ1) is 13.0. The molecule has 0 saturated heterocycles. The van der Waals surface area contributed by atoms with E-state index in [-0.39, 0.29) is 0 Å². The van der Waals surface area contributed by atoms with Gasteiger partial charge in [-0.2, -0.15) is 5.10 Å². The molecule has 4 aromatic rings. The third-order valence-electron chi connectivity index (χ3n) is 4.88. The highest BCUT2D eigenvalue weighted by atomic mass is 32.1. The highest BCUT2D eigenvalue weighted by Crippen LogP contribution is 2.25. The predicted octanol–water partition coefficient (Wildman–Crippen LogP) is 5.77. The second kappa shape index (κ2) is 7.00. The van der Waals surface area contributed by atoms with Crippen LogP contribution in [0.1, 0.15) is 28.1 Å². The molecule has 0 saturated carbocycles. The van der Waals surface area contributed by atoms with Crippen LogP contribution in [-0.2, 0) is 0 Å². The summed E-state index contributed by atoms with van der Waals surface area (Å²) in [7, 11) is 0. The number of anilines is 1. The Morgan fingerprint density at radius 2 is 1.81 bits per heavy atom. The Morgan fingerprint density at radius 1 is 1.00 bits per heavy atom. The average Bonchev–Trinajstić information content (AvgIpc) is 3.18. The van der Waals surface area contributed by atoms with E-state index in [1.807, 2.05) is 24.4 Å². The lowest BCUT2D eigenvalue weighted by Crippen LogP contribution is -2.00. The summed E-state index contributed by atoms with van der Waals surface area (Å²) in [4.78, 5) is 4.54. The molecule has 0 spiro atoms. The van der Waals surface area contributed by atoms with Crippen LogP contribution in [-0.4, -0.2) is 15.8 Å². The van der Waals surface area contributed by atoms with Gasteiger partial charge in [-0.05, 0) is 69.2 Å². The molecular weight excluding hydrogens is 352 g/mol. The van der Waals surface area contributed by atoms with Gasteiger partial charge in [0, 0.05) is 22.6 Å². The van der Waals surface area contributed by atoms with Gasteiger partial charge in [-0.15, -0.1) is 0 Å². The molecule has 27 heavy (non-hydrogen) atoms. The number of hydrogen-bond acceptors (Lipinski definition) is 4. The number of nitrogens with zero attached hydrogens (tertiary/aromatic N) is 3. The third-order valence-corrected chi connectivity index (χ3v) is 5.82. The van der Waals surface area contributed by atoms with Crippen LogP contribution in [0.3, 0.4) is 0 Å². The maximum Gasteiger partial charge on any atom is 0.204 e. The summed E-state index contributed by atoms with van der Waals surface area (Å²) in [6, 6.07) is 16.8. The van der Waals surface area contributed by atoms with E-state index in [0.717, 1.165) is 20.9 Å². The molecule has 0 aliphatic heterocycles. The molecule has 0 unspecified atom stereocenters. The number of benzene rings is 2. The number of aromatic nitrogens is 2. The van der Waals surface area contributed by atoms with Crippen molar-refractivity contribution in [2.45, 2.75) is 27.7 Å². The van der Waals surface area contributed by atoms with Gasteiger partial charge in [-0.3, -0.25) is 5.43 Å². The number of rotatable bonds is 4. The Hall–Kier alpha value is -2.92. The topological polar surface area (TPSA) is 42.2 Å². The molecule has 136 valence electrons. The number of nitrogens with one attached hydrogen (secondary N) is 1. The van der Waals surface area contributed by atoms with E-state index in [2.05, 4.69) is 78.1 Å². The summed E-state index contributed by atoms with van der Waals surface area (Å²) in [5.74, 6) is 0. The zero-order valence-corrected chi connectivity index (χ0v) is 16.8. The molecule has 0 aliphatic carbocycles. The van der Waals surface area contributed by atoms with Gasteiger partial charge in [0.15, 0.2) is 0 Å². The van der Waals surface area contributed by atoms with Crippen molar-refractivity contribution >= 4 is 32.9 Å². The minimum Gasteiger partial charge on any atom is -0.318 e. The van der Waals surface area contributed by atoms with E-state index in [1.165, 1.54) is 28.2 Å². The molecule has 0 fully saturated rings. The normalized spacial score (nSPS) is 11.6. The van der Waals surface area contributed by atoms with Crippen molar-refractivity contribution in [2.75, 3.05) is 5.43 Å². The number of hydrazone groups is 1. The van der Waals surface area contributed by atoms with Crippen molar-refractivity contribution < 1.29 is 0 Å². The van der Waals surface area contributed by atoms with Crippen LogP contribution in [0.15, 0.2) is 53.6 Å². The van der Waals surface area contributed by atoms with Gasteiger partial charge in [0.05, 0.1) is 16.4 Å². The molecule has 0 aliphatic rings. The van der Waals surface area contributed by atoms with Gasteiger partial charge in [0.25, 0.3) is 0 Å². The second-order valence-corrected chi connectivity index (χ2v) is 7.82. The SMILES string of the molecule is Cc1ccc(-n2c(C)cc(/C=N/Nc3nc4ccccc4s3)c2C)cc1C. The van der Waals surface area contributed by atoms with Crippen molar-refractivity contribution in [1.29, 1.82) is 0 Å². The van der Waals surface area contributed by atoms with Crippen LogP contribution >= 0.6 is 11.3 Å². The second-order valence-electron chi connectivity index (χ2n) is 6.79. The van der Waals surface area contributed by atoms with Crippen molar-refractivity contribution in [3.05, 3.63) is 76.6 Å². The molecule has 5 heteroatoms. The van der Waals surface area contributed by atoms with Crippen LogP contribution < -0.4 is 5.43 Å². The van der Waals surface area contributed by atoms with Crippen molar-refractivity contribution in [3.63, 3.8) is 0 Å². The first kappa shape index (κ1) is 17.5. The number of para-hydroxylation sites is 1. The summed E-state index contributed by atoms with van der Waals surface area (Å²) >= 11 is 1.60. The van der Waals surface area contributed by atoms with Crippen molar-refractivity contribution in [1.82, 2.24) is 9.55 Å². The Labute approximate surface area is 163 Å². The molecule has 2 heterocycles. The first-order valence-electron chi connectivity index (χ1n) is 8.94. The summed E-state index contributed by atoms with van der Waals surface area (Å²) in [5.41, 5.74) is 11.3. The summed E-state index contributed by atoms with van der Waals surface area (Å²) in [6.45, 7) is 8.54. The monoisotopic (exact) mass is 374 g/mol. The zero-order chi connectivity index (χ0) is 19.0. The van der Waals surface area contributed by atoms with Crippen LogP contribution in [0.25, 0.3) is 15.9 Å². The van der Waals surface area contributed by atoms with E-state index >= 15 is 0 Å². The first-order valence-corrected chi connectivity index (χ1v) is 9.76. The molecule has 2 aromatic heterocycles. The zero-order valence-electron chi connectivity index (χ0n) is 15.9. The fraction of sp³-hybridized carbons (Fsp3) is 0.182. The number of fused-ring (bicyclic) bond motifs is 1. The Bertz CT molecular complexity index is 1120. The minimum atomic E-state index is 0.801. The Balaban J connectivity index is 1.59. The summed E-state index contributed by atoms with van der Waals surface area (Å²) in [5, 5.41) is 5.21. The van der Waals surface area contributed by atoms with Gasteiger partial charge >= 0.3 is 0 Å². The number of aryl methyl sites for hydroxylation is 3. The lowest BCUT2D eigenvalue weighted by atomic mass is 10.1. The fourth-order valence-electron chi connectivity index (χ4n) is 3.26. The van der Waals surface area contributed by atoms with Crippen molar-refractivity contribution in [2.24, 2.45) is 5.10 Å². The Morgan fingerprint density at radius 3 is 2.59 bits per heavy atom. The average molecular weight is 375 g/mol. The number of hydrogen-bond donors (Lipinski definition) is 1. The largest absolute Gasteiger partial charge is 0.318 e. The molecule has 0 radical (unpaired) electrons. The molecule has 4 rings (SSSR count).